The number of non-ortho nitro benzene ring substituents is 1. The lowest BCUT2D eigenvalue weighted by atomic mass is 9.95. The molecule has 7 nitrogen and oxygen atoms in total. The van der Waals surface area contributed by atoms with Gasteiger partial charge in [0.25, 0.3) is 16.7 Å². The van der Waals surface area contributed by atoms with Crippen LogP contribution in [0.3, 0.4) is 0 Å². The van der Waals surface area contributed by atoms with E-state index in [1.807, 2.05) is 0 Å². The predicted octanol–water partition coefficient (Wildman–Crippen LogP) is 2.43. The number of nitro benzene ring substituents is 1. The molecule has 0 aliphatic heterocycles. The summed E-state index contributed by atoms with van der Waals surface area (Å²) in [5, 5.41) is 10.9. The fraction of sp³-hybridized carbons (Fsp3) is 0.133. The molecule has 0 aromatic heterocycles. The van der Waals surface area contributed by atoms with E-state index in [9.17, 15) is 23.3 Å². The number of carbonyl (C=O) groups is 1. The van der Waals surface area contributed by atoms with Crippen LogP contribution in [0.15, 0.2) is 48.5 Å². The number of thiol groups is 1. The minimum absolute atomic E-state index is 0.146. The van der Waals surface area contributed by atoms with Gasteiger partial charge in [0.1, 0.15) is 0 Å². The Labute approximate surface area is 133 Å². The largest absolute Gasteiger partial charge is 0.289 e. The summed E-state index contributed by atoms with van der Waals surface area (Å²) in [6, 6.07) is 12.0. The highest BCUT2D eigenvalue weighted by Crippen LogP contribution is 2.27. The highest BCUT2D eigenvalue weighted by Gasteiger charge is 2.22. The summed E-state index contributed by atoms with van der Waals surface area (Å²) in [5.41, 5.74) is 0.445. The van der Waals surface area contributed by atoms with E-state index >= 15 is 0 Å². The van der Waals surface area contributed by atoms with Crippen molar-refractivity contribution >= 4 is 22.5 Å². The molecule has 0 saturated carbocycles. The van der Waals surface area contributed by atoms with Crippen LogP contribution in [-0.2, 0) is 15.2 Å². The Morgan fingerprint density at radius 2 is 1.83 bits per heavy atom. The van der Waals surface area contributed by atoms with Crippen LogP contribution in [0.25, 0.3) is 0 Å². The molecule has 8 heteroatoms. The van der Waals surface area contributed by atoms with Gasteiger partial charge >= 0.3 is 0 Å². The number of nitro groups is 1. The molecule has 0 saturated heterocycles. The minimum atomic E-state index is -3.16. The molecule has 0 bridgehead atoms. The van der Waals surface area contributed by atoms with Crippen molar-refractivity contribution < 1.29 is 22.3 Å². The molecule has 0 aliphatic carbocycles. The van der Waals surface area contributed by atoms with Gasteiger partial charge in [-0.15, -0.1) is 0 Å². The molecule has 2 aromatic rings. The van der Waals surface area contributed by atoms with E-state index in [1.165, 1.54) is 19.1 Å². The highest BCUT2D eigenvalue weighted by atomic mass is 32.2. The third kappa shape index (κ3) is 3.99. The summed E-state index contributed by atoms with van der Waals surface area (Å²) >= 11 is 0. The summed E-state index contributed by atoms with van der Waals surface area (Å²) < 4.78 is 26.2. The molecular formula is C15H13NO6S. The Morgan fingerprint density at radius 1 is 1.17 bits per heavy atom. The van der Waals surface area contributed by atoms with Crippen LogP contribution in [0.4, 0.5) is 5.69 Å². The molecule has 2 aromatic carbocycles. The maximum Gasteiger partial charge on any atom is 0.269 e. The molecule has 0 radical (unpaired) electrons. The second kappa shape index (κ2) is 7.12. The van der Waals surface area contributed by atoms with E-state index < -0.39 is 22.0 Å². The summed E-state index contributed by atoms with van der Waals surface area (Å²) in [6.07, 6.45) is -1.02. The molecule has 0 heterocycles. The van der Waals surface area contributed by atoms with Gasteiger partial charge in [-0.25, -0.2) is 8.42 Å². The Bertz CT molecular complexity index is 808. The topological polar surface area (TPSA) is 104 Å². The lowest BCUT2D eigenvalue weighted by Crippen LogP contribution is -2.10. The van der Waals surface area contributed by atoms with Crippen molar-refractivity contribution in [3.63, 3.8) is 0 Å². The van der Waals surface area contributed by atoms with E-state index in [2.05, 4.69) is 4.18 Å². The number of carbonyl (C=O) groups excluding carboxylic acids is 1. The minimum Gasteiger partial charge on any atom is -0.289 e. The summed E-state index contributed by atoms with van der Waals surface area (Å²) in [6.45, 7) is 1.41. The molecule has 23 heavy (non-hydrogen) atoms. The van der Waals surface area contributed by atoms with Gasteiger partial charge in [-0.05, 0) is 18.6 Å². The molecule has 0 fully saturated rings. The number of ketones is 1. The number of benzene rings is 2. The highest BCUT2D eigenvalue weighted by molar-refractivity contribution is 7.67. The van der Waals surface area contributed by atoms with Crippen molar-refractivity contribution in [2.45, 2.75) is 13.0 Å². The van der Waals surface area contributed by atoms with Crippen molar-refractivity contribution in [2.75, 3.05) is 0 Å². The van der Waals surface area contributed by atoms with E-state index in [1.54, 1.807) is 30.3 Å². The van der Waals surface area contributed by atoms with Crippen LogP contribution in [0.5, 0.6) is 0 Å². The Morgan fingerprint density at radius 3 is 2.39 bits per heavy atom. The maximum atomic E-state index is 12.6. The van der Waals surface area contributed by atoms with Gasteiger partial charge in [0.05, 0.1) is 11.0 Å². The van der Waals surface area contributed by atoms with Crippen molar-refractivity contribution in [1.82, 2.24) is 0 Å². The van der Waals surface area contributed by atoms with Crippen molar-refractivity contribution in [1.29, 1.82) is 0 Å². The average molecular weight is 335 g/mol. The van der Waals surface area contributed by atoms with E-state index in [0.717, 1.165) is 6.07 Å². The van der Waals surface area contributed by atoms with Crippen LogP contribution < -0.4 is 0 Å². The number of hydrogen-bond acceptors (Lipinski definition) is 6. The summed E-state index contributed by atoms with van der Waals surface area (Å²) in [5.74, 6) is -0.368. The Hall–Kier alpha value is -2.58. The summed E-state index contributed by atoms with van der Waals surface area (Å²) in [7, 11) is -3.16. The standard InChI is InChI=1S/C15H13NO6S/c1-10(22-23(20)21)14-9-12(16(18)19)7-8-13(14)15(17)11-5-3-2-4-6-11/h2-10,23H,1H3. The van der Waals surface area contributed by atoms with Crippen LogP contribution in [0.1, 0.15) is 34.5 Å². The monoisotopic (exact) mass is 335 g/mol. The van der Waals surface area contributed by atoms with Gasteiger partial charge in [0.15, 0.2) is 5.78 Å². The third-order valence-corrected chi connectivity index (χ3v) is 3.70. The van der Waals surface area contributed by atoms with E-state index in [-0.39, 0.29) is 22.6 Å². The molecule has 0 N–H and O–H groups in total. The quantitative estimate of drug-likeness (QED) is 0.376. The van der Waals surface area contributed by atoms with Crippen LogP contribution in [0, 0.1) is 10.1 Å². The number of rotatable bonds is 6. The summed E-state index contributed by atoms with van der Waals surface area (Å²) in [4.78, 5) is 22.9. The zero-order chi connectivity index (χ0) is 17.0. The van der Waals surface area contributed by atoms with E-state index in [4.69, 9.17) is 0 Å². The van der Waals surface area contributed by atoms with Gasteiger partial charge in [-0.1, -0.05) is 30.3 Å². The molecule has 1 atom stereocenters. The second-order valence-corrected chi connectivity index (χ2v) is 5.35. The van der Waals surface area contributed by atoms with Crippen LogP contribution in [-0.4, -0.2) is 19.1 Å². The predicted molar refractivity (Wildman–Crippen MR) is 82.8 cm³/mol. The van der Waals surface area contributed by atoms with Crippen molar-refractivity contribution in [3.8, 4) is 0 Å². The average Bonchev–Trinajstić information content (AvgIpc) is 2.53. The smallest absolute Gasteiger partial charge is 0.269 e. The molecular weight excluding hydrogens is 322 g/mol. The zero-order valence-electron chi connectivity index (χ0n) is 12.0. The number of nitrogens with zero attached hydrogens (tertiary/aromatic N) is 1. The Balaban J connectivity index is 2.53. The second-order valence-electron chi connectivity index (χ2n) is 4.70. The lowest BCUT2D eigenvalue weighted by Gasteiger charge is -2.13. The maximum absolute atomic E-state index is 12.6. The van der Waals surface area contributed by atoms with Gasteiger partial charge in [0, 0.05) is 23.3 Å². The van der Waals surface area contributed by atoms with Gasteiger partial charge in [-0.2, -0.15) is 0 Å². The normalized spacial score (nSPS) is 12.1. The van der Waals surface area contributed by atoms with Gasteiger partial charge < -0.3 is 0 Å². The first-order chi connectivity index (χ1) is 10.9. The molecule has 0 aliphatic rings. The van der Waals surface area contributed by atoms with Gasteiger partial charge in [0.2, 0.25) is 0 Å². The van der Waals surface area contributed by atoms with Gasteiger partial charge in [-0.3, -0.25) is 19.1 Å². The third-order valence-electron chi connectivity index (χ3n) is 3.21. The lowest BCUT2D eigenvalue weighted by molar-refractivity contribution is -0.385. The fourth-order valence-electron chi connectivity index (χ4n) is 2.14. The van der Waals surface area contributed by atoms with Crippen molar-refractivity contribution in [2.24, 2.45) is 0 Å². The molecule has 1 unspecified atom stereocenters. The molecule has 2 rings (SSSR count). The molecule has 0 spiro atoms. The first-order valence-electron chi connectivity index (χ1n) is 6.59. The van der Waals surface area contributed by atoms with E-state index in [0.29, 0.717) is 5.56 Å². The molecule has 0 amide bonds. The van der Waals surface area contributed by atoms with Crippen LogP contribution >= 0.6 is 0 Å². The zero-order valence-corrected chi connectivity index (χ0v) is 12.9. The molecule has 120 valence electrons. The first-order valence-corrected chi connectivity index (χ1v) is 7.69. The van der Waals surface area contributed by atoms with Crippen LogP contribution in [0.2, 0.25) is 0 Å². The van der Waals surface area contributed by atoms with Crippen molar-refractivity contribution in [3.05, 3.63) is 75.3 Å². The first kappa shape index (κ1) is 16.8. The fourth-order valence-corrected chi connectivity index (χ4v) is 2.51. The Kier molecular flexibility index (Phi) is 5.20. The number of hydrogen-bond donors (Lipinski definition) is 1. The SMILES string of the molecule is CC(O[SH](=O)=O)c1cc([N+](=O)[O-])ccc1C(=O)c1ccccc1.